The van der Waals surface area contributed by atoms with E-state index in [-0.39, 0.29) is 31.1 Å². The van der Waals surface area contributed by atoms with Crippen molar-refractivity contribution in [2.75, 3.05) is 13.2 Å². The van der Waals surface area contributed by atoms with Gasteiger partial charge in [-0.1, -0.05) is 247 Å². The summed E-state index contributed by atoms with van der Waals surface area (Å²) >= 11 is 0. The fourth-order valence-corrected chi connectivity index (χ4v) is 7.81. The molecule has 1 atom stereocenters. The van der Waals surface area contributed by atoms with Crippen LogP contribution in [0, 0.1) is 11.8 Å². The standard InChI is InChI=1S/C52H100O6/c1-6-7-8-30-37-42-50(53)56-45-49(46-57-51(54)43-38-33-28-24-21-17-19-23-27-32-36-41-48(4)5)58-52(55)44-39-34-29-25-20-16-14-12-10-9-11-13-15-18-22-26-31-35-40-47(2)3/h47-49H,6-46H2,1-5H3/t49-/m0/s1. The van der Waals surface area contributed by atoms with E-state index in [0.29, 0.717) is 19.3 Å². The van der Waals surface area contributed by atoms with Crippen LogP contribution in [-0.2, 0) is 28.6 Å². The van der Waals surface area contributed by atoms with E-state index in [0.717, 1.165) is 76.0 Å². The normalized spacial score (nSPS) is 12.1. The van der Waals surface area contributed by atoms with Gasteiger partial charge in [0.15, 0.2) is 6.10 Å². The second-order valence-corrected chi connectivity index (χ2v) is 18.8. The number of unbranched alkanes of at least 4 members (excludes halogenated alkanes) is 31. The fraction of sp³-hybridized carbons (Fsp3) is 0.942. The molecule has 0 spiro atoms. The highest BCUT2D eigenvalue weighted by Crippen LogP contribution is 2.17. The molecular formula is C52H100O6. The zero-order valence-corrected chi connectivity index (χ0v) is 39.7. The molecule has 0 N–H and O–H groups in total. The summed E-state index contributed by atoms with van der Waals surface area (Å²) in [5.74, 6) is 0.822. The number of ether oxygens (including phenoxy) is 3. The van der Waals surface area contributed by atoms with Gasteiger partial charge in [-0.3, -0.25) is 14.4 Å². The summed E-state index contributed by atoms with van der Waals surface area (Å²) in [5, 5.41) is 0. The van der Waals surface area contributed by atoms with Crippen LogP contribution in [0.3, 0.4) is 0 Å². The van der Waals surface area contributed by atoms with Gasteiger partial charge < -0.3 is 14.2 Å². The van der Waals surface area contributed by atoms with Gasteiger partial charge in [0.2, 0.25) is 0 Å². The van der Waals surface area contributed by atoms with Crippen molar-refractivity contribution in [1.29, 1.82) is 0 Å². The van der Waals surface area contributed by atoms with Gasteiger partial charge in [-0.15, -0.1) is 0 Å². The van der Waals surface area contributed by atoms with Crippen LogP contribution in [0.25, 0.3) is 0 Å². The van der Waals surface area contributed by atoms with Gasteiger partial charge in [0.25, 0.3) is 0 Å². The molecule has 6 heteroatoms. The van der Waals surface area contributed by atoms with E-state index in [9.17, 15) is 14.4 Å². The SMILES string of the molecule is CCCCCCCC(=O)OC[C@@H](COC(=O)CCCCCCCCCCCCCC(C)C)OC(=O)CCCCCCCCCCCCCCCCCCCCC(C)C. The second-order valence-electron chi connectivity index (χ2n) is 18.8. The van der Waals surface area contributed by atoms with E-state index >= 15 is 0 Å². The van der Waals surface area contributed by atoms with Crippen molar-refractivity contribution in [1.82, 2.24) is 0 Å². The van der Waals surface area contributed by atoms with Gasteiger partial charge in [0.05, 0.1) is 0 Å². The molecule has 0 fully saturated rings. The molecule has 0 amide bonds. The molecule has 0 rings (SSSR count). The van der Waals surface area contributed by atoms with Gasteiger partial charge in [-0.2, -0.15) is 0 Å². The first-order valence-corrected chi connectivity index (χ1v) is 25.7. The summed E-state index contributed by atoms with van der Waals surface area (Å²) in [6.45, 7) is 11.3. The lowest BCUT2D eigenvalue weighted by Crippen LogP contribution is -2.30. The first-order valence-electron chi connectivity index (χ1n) is 25.7. The topological polar surface area (TPSA) is 78.9 Å². The van der Waals surface area contributed by atoms with Crippen LogP contribution in [0.2, 0.25) is 0 Å². The summed E-state index contributed by atoms with van der Waals surface area (Å²) < 4.78 is 16.7. The lowest BCUT2D eigenvalue weighted by molar-refractivity contribution is -0.167. The van der Waals surface area contributed by atoms with Gasteiger partial charge >= 0.3 is 17.9 Å². The number of rotatable bonds is 46. The molecule has 0 aromatic carbocycles. The van der Waals surface area contributed by atoms with Crippen LogP contribution in [0.1, 0.15) is 285 Å². The quantitative estimate of drug-likeness (QED) is 0.0346. The maximum atomic E-state index is 12.7. The number of carbonyl (C=O) groups is 3. The lowest BCUT2D eigenvalue weighted by atomic mass is 10.0. The molecule has 6 nitrogen and oxygen atoms in total. The summed E-state index contributed by atoms with van der Waals surface area (Å²) in [7, 11) is 0. The zero-order chi connectivity index (χ0) is 42.6. The predicted octanol–water partition coefficient (Wildman–Crippen LogP) is 16.5. The third-order valence-corrected chi connectivity index (χ3v) is 11.7. The molecule has 0 bridgehead atoms. The summed E-state index contributed by atoms with van der Waals surface area (Å²) in [5.41, 5.74) is 0. The lowest BCUT2D eigenvalue weighted by Gasteiger charge is -2.18. The second kappa shape index (κ2) is 44.9. The van der Waals surface area contributed by atoms with E-state index < -0.39 is 6.10 Å². The first-order chi connectivity index (χ1) is 28.2. The average Bonchev–Trinajstić information content (AvgIpc) is 3.19. The Hall–Kier alpha value is -1.59. The van der Waals surface area contributed by atoms with Crippen LogP contribution < -0.4 is 0 Å². The largest absolute Gasteiger partial charge is 0.462 e. The van der Waals surface area contributed by atoms with E-state index in [4.69, 9.17) is 14.2 Å². The molecular weight excluding hydrogens is 721 g/mol. The molecule has 0 aromatic heterocycles. The highest BCUT2D eigenvalue weighted by atomic mass is 16.6. The van der Waals surface area contributed by atoms with Crippen LogP contribution in [-0.4, -0.2) is 37.2 Å². The van der Waals surface area contributed by atoms with Crippen molar-refractivity contribution in [2.45, 2.75) is 291 Å². The van der Waals surface area contributed by atoms with Gasteiger partial charge in [-0.05, 0) is 31.1 Å². The van der Waals surface area contributed by atoms with Crippen molar-refractivity contribution >= 4 is 17.9 Å². The summed E-state index contributed by atoms with van der Waals surface area (Å²) in [6, 6.07) is 0. The number of esters is 3. The summed E-state index contributed by atoms with van der Waals surface area (Å²) in [6.07, 6.45) is 45.6. The maximum Gasteiger partial charge on any atom is 0.306 e. The molecule has 0 saturated heterocycles. The highest BCUT2D eigenvalue weighted by Gasteiger charge is 2.19. The minimum absolute atomic E-state index is 0.0649. The van der Waals surface area contributed by atoms with Crippen LogP contribution >= 0.6 is 0 Å². The van der Waals surface area contributed by atoms with Crippen molar-refractivity contribution in [3.05, 3.63) is 0 Å². The van der Waals surface area contributed by atoms with Crippen LogP contribution in [0.5, 0.6) is 0 Å². The minimum atomic E-state index is -0.759. The molecule has 58 heavy (non-hydrogen) atoms. The third kappa shape index (κ3) is 45.5. The van der Waals surface area contributed by atoms with Crippen molar-refractivity contribution in [3.63, 3.8) is 0 Å². The number of hydrogen-bond acceptors (Lipinski definition) is 6. The maximum absolute atomic E-state index is 12.7. The predicted molar refractivity (Wildman–Crippen MR) is 247 cm³/mol. The molecule has 0 radical (unpaired) electrons. The smallest absolute Gasteiger partial charge is 0.306 e. The number of carbonyl (C=O) groups excluding carboxylic acids is 3. The van der Waals surface area contributed by atoms with Crippen molar-refractivity contribution in [2.24, 2.45) is 11.8 Å². The van der Waals surface area contributed by atoms with Crippen molar-refractivity contribution in [3.8, 4) is 0 Å². The van der Waals surface area contributed by atoms with Gasteiger partial charge in [0, 0.05) is 19.3 Å². The Kier molecular flexibility index (Phi) is 43.7. The van der Waals surface area contributed by atoms with E-state index in [2.05, 4.69) is 34.6 Å². The highest BCUT2D eigenvalue weighted by molar-refractivity contribution is 5.71. The molecule has 0 heterocycles. The first kappa shape index (κ1) is 56.4. The Morgan fingerprint density at radius 2 is 0.569 bits per heavy atom. The summed E-state index contributed by atoms with van der Waals surface area (Å²) in [4.78, 5) is 37.6. The fourth-order valence-electron chi connectivity index (χ4n) is 7.81. The Morgan fingerprint density at radius 3 is 0.845 bits per heavy atom. The van der Waals surface area contributed by atoms with Crippen molar-refractivity contribution < 1.29 is 28.6 Å². The minimum Gasteiger partial charge on any atom is -0.462 e. The zero-order valence-electron chi connectivity index (χ0n) is 39.7. The average molecular weight is 821 g/mol. The van der Waals surface area contributed by atoms with E-state index in [1.54, 1.807) is 0 Å². The monoisotopic (exact) mass is 821 g/mol. The molecule has 0 aliphatic rings. The third-order valence-electron chi connectivity index (χ3n) is 11.7. The Bertz CT molecular complexity index is 885. The van der Waals surface area contributed by atoms with E-state index in [1.807, 2.05) is 0 Å². The molecule has 0 aliphatic carbocycles. The van der Waals surface area contributed by atoms with Gasteiger partial charge in [0.1, 0.15) is 13.2 Å². The molecule has 0 aromatic rings. The molecule has 0 saturated carbocycles. The Labute approximate surface area is 361 Å². The Morgan fingerprint density at radius 1 is 0.328 bits per heavy atom. The van der Waals surface area contributed by atoms with Crippen LogP contribution in [0.4, 0.5) is 0 Å². The number of hydrogen-bond donors (Lipinski definition) is 0. The Balaban J connectivity index is 4.08. The van der Waals surface area contributed by atoms with Gasteiger partial charge in [-0.25, -0.2) is 0 Å². The molecule has 0 unspecified atom stereocenters. The van der Waals surface area contributed by atoms with Crippen LogP contribution in [0.15, 0.2) is 0 Å². The molecule has 0 aliphatic heterocycles. The molecule has 344 valence electrons. The van der Waals surface area contributed by atoms with E-state index in [1.165, 1.54) is 167 Å².